The van der Waals surface area contributed by atoms with Crippen LogP contribution in [0.2, 0.25) is 0 Å². The van der Waals surface area contributed by atoms with Crippen LogP contribution in [-0.2, 0) is 14.3 Å². The Morgan fingerprint density at radius 1 is 1.12 bits per heavy atom. The van der Waals surface area contributed by atoms with E-state index in [1.54, 1.807) is 18.2 Å². The van der Waals surface area contributed by atoms with Crippen molar-refractivity contribution in [2.75, 3.05) is 7.11 Å². The number of imide groups is 1. The average Bonchev–Trinajstić information content (AvgIpc) is 2.57. The number of hydrogen-bond donors (Lipinski definition) is 3. The minimum absolute atomic E-state index is 0.220. The third kappa shape index (κ3) is 3.37. The molecule has 0 saturated heterocycles. The van der Waals surface area contributed by atoms with Gasteiger partial charge in [-0.25, -0.2) is 9.59 Å². The second kappa shape index (κ2) is 6.86. The van der Waals surface area contributed by atoms with Gasteiger partial charge in [0.25, 0.3) is 5.91 Å². The van der Waals surface area contributed by atoms with Crippen LogP contribution < -0.4 is 5.32 Å². The Bertz CT molecular complexity index is 815. The van der Waals surface area contributed by atoms with Gasteiger partial charge in [-0.15, -0.1) is 0 Å². The van der Waals surface area contributed by atoms with E-state index in [0.29, 0.717) is 5.39 Å². The number of carbonyl (C=O) groups excluding carboxylic acids is 3. The highest BCUT2D eigenvalue weighted by atomic mass is 16.6. The third-order valence-corrected chi connectivity index (χ3v) is 3.28. The number of amides is 2. The molecule has 8 nitrogen and oxygen atoms in total. The molecule has 2 aromatic rings. The minimum Gasteiger partial charge on any atom is -0.507 e. The molecular weight excluding hydrogens is 318 g/mol. The Labute approximate surface area is 136 Å². The smallest absolute Gasteiger partial charge is 0.413 e. The molecule has 8 heteroatoms. The number of benzene rings is 2. The summed E-state index contributed by atoms with van der Waals surface area (Å²) in [5.41, 5.74) is -0.302. The summed E-state index contributed by atoms with van der Waals surface area (Å²) in [6, 6.07) is 7.44. The number of alkyl carbamates (subject to hydrolysis) is 1. The first-order valence-electron chi connectivity index (χ1n) is 6.88. The van der Waals surface area contributed by atoms with Gasteiger partial charge in [-0.3, -0.25) is 10.1 Å². The van der Waals surface area contributed by atoms with Crippen LogP contribution in [0.25, 0.3) is 10.8 Å². The van der Waals surface area contributed by atoms with Crippen molar-refractivity contribution in [1.29, 1.82) is 0 Å². The van der Waals surface area contributed by atoms with Gasteiger partial charge in [-0.05, 0) is 13.0 Å². The Morgan fingerprint density at radius 3 is 2.38 bits per heavy atom. The first kappa shape index (κ1) is 17.1. The van der Waals surface area contributed by atoms with Crippen molar-refractivity contribution in [3.63, 3.8) is 0 Å². The van der Waals surface area contributed by atoms with Crippen LogP contribution in [0.1, 0.15) is 17.3 Å². The highest BCUT2D eigenvalue weighted by Gasteiger charge is 2.24. The van der Waals surface area contributed by atoms with Gasteiger partial charge in [0.2, 0.25) is 0 Å². The van der Waals surface area contributed by atoms with Crippen molar-refractivity contribution < 1.29 is 34.1 Å². The molecular formula is C16H15NO7. The molecule has 2 amide bonds. The predicted octanol–water partition coefficient (Wildman–Crippen LogP) is 1.68. The molecule has 0 heterocycles. The van der Waals surface area contributed by atoms with E-state index in [0.717, 1.165) is 13.2 Å². The van der Waals surface area contributed by atoms with Gasteiger partial charge in [0, 0.05) is 10.8 Å². The normalized spacial score (nSPS) is 11.6. The molecule has 24 heavy (non-hydrogen) atoms. The van der Waals surface area contributed by atoms with Crippen LogP contribution in [0.4, 0.5) is 4.79 Å². The van der Waals surface area contributed by atoms with Crippen molar-refractivity contribution in [2.24, 2.45) is 0 Å². The molecule has 0 spiro atoms. The van der Waals surface area contributed by atoms with E-state index < -0.39 is 24.1 Å². The second-order valence-electron chi connectivity index (χ2n) is 4.87. The summed E-state index contributed by atoms with van der Waals surface area (Å²) >= 11 is 0. The first-order valence-corrected chi connectivity index (χ1v) is 6.88. The van der Waals surface area contributed by atoms with Gasteiger partial charge in [-0.1, -0.05) is 24.3 Å². The SMILES string of the molecule is COC(=O)NC(=O)[C@H](C)OC(=O)c1cc(O)c2ccccc2c1O. The van der Waals surface area contributed by atoms with Crippen LogP contribution >= 0.6 is 0 Å². The number of nitrogens with one attached hydrogen (secondary N) is 1. The fourth-order valence-electron chi connectivity index (χ4n) is 2.03. The molecule has 0 unspecified atom stereocenters. The highest BCUT2D eigenvalue weighted by Crippen LogP contribution is 2.35. The standard InChI is InChI=1S/C16H15NO7/c1-8(14(20)17-16(22)23-2)24-15(21)11-7-12(18)9-5-3-4-6-10(9)13(11)19/h3-8,18-19H,1-2H3,(H,17,20,22)/t8-/m0/s1. The van der Waals surface area contributed by atoms with E-state index in [4.69, 9.17) is 4.74 Å². The maximum Gasteiger partial charge on any atom is 0.413 e. The van der Waals surface area contributed by atoms with Crippen molar-refractivity contribution >= 4 is 28.7 Å². The summed E-state index contributed by atoms with van der Waals surface area (Å²) in [5, 5.41) is 22.6. The molecule has 0 fully saturated rings. The van der Waals surface area contributed by atoms with Gasteiger partial charge >= 0.3 is 12.1 Å². The molecule has 3 N–H and O–H groups in total. The summed E-state index contributed by atoms with van der Waals surface area (Å²) in [6.45, 7) is 1.24. The molecule has 2 aromatic carbocycles. The number of ether oxygens (including phenoxy) is 2. The van der Waals surface area contributed by atoms with E-state index >= 15 is 0 Å². The lowest BCUT2D eigenvalue weighted by Crippen LogP contribution is -2.39. The minimum atomic E-state index is -1.32. The molecule has 0 radical (unpaired) electrons. The summed E-state index contributed by atoms with van der Waals surface area (Å²) < 4.78 is 9.16. The van der Waals surface area contributed by atoms with Gasteiger partial charge < -0.3 is 19.7 Å². The molecule has 0 aliphatic carbocycles. The second-order valence-corrected chi connectivity index (χ2v) is 4.87. The van der Waals surface area contributed by atoms with E-state index in [2.05, 4.69) is 4.74 Å². The number of rotatable bonds is 3. The fourth-order valence-corrected chi connectivity index (χ4v) is 2.03. The van der Waals surface area contributed by atoms with Crippen molar-refractivity contribution in [1.82, 2.24) is 5.32 Å². The predicted molar refractivity (Wildman–Crippen MR) is 82.7 cm³/mol. The zero-order valence-electron chi connectivity index (χ0n) is 12.9. The Kier molecular flexibility index (Phi) is 4.88. The summed E-state index contributed by atoms with van der Waals surface area (Å²) in [6.07, 6.45) is -2.31. The molecule has 0 saturated carbocycles. The van der Waals surface area contributed by atoms with Gasteiger partial charge in [-0.2, -0.15) is 0 Å². The first-order chi connectivity index (χ1) is 11.3. The number of fused-ring (bicyclic) bond motifs is 1. The zero-order valence-corrected chi connectivity index (χ0v) is 12.9. The topological polar surface area (TPSA) is 122 Å². The molecule has 0 bridgehead atoms. The van der Waals surface area contributed by atoms with Crippen LogP contribution in [-0.4, -0.2) is 41.4 Å². The third-order valence-electron chi connectivity index (χ3n) is 3.28. The number of phenolic OH excluding ortho intramolecular Hbond substituents is 2. The quantitative estimate of drug-likeness (QED) is 0.577. The number of aromatic hydroxyl groups is 2. The van der Waals surface area contributed by atoms with Crippen LogP contribution in [0.3, 0.4) is 0 Å². The Morgan fingerprint density at radius 2 is 1.75 bits per heavy atom. The maximum absolute atomic E-state index is 12.1. The summed E-state index contributed by atoms with van der Waals surface area (Å²) in [4.78, 5) is 34.7. The van der Waals surface area contributed by atoms with Crippen molar-refractivity contribution in [2.45, 2.75) is 13.0 Å². The molecule has 0 aliphatic heterocycles. The van der Waals surface area contributed by atoms with E-state index in [1.807, 2.05) is 5.32 Å². The maximum atomic E-state index is 12.1. The molecule has 0 aromatic heterocycles. The lowest BCUT2D eigenvalue weighted by molar-refractivity contribution is -0.128. The monoisotopic (exact) mass is 333 g/mol. The Hall–Kier alpha value is -3.29. The van der Waals surface area contributed by atoms with Crippen molar-refractivity contribution in [3.8, 4) is 11.5 Å². The number of phenols is 2. The average molecular weight is 333 g/mol. The zero-order chi connectivity index (χ0) is 17.9. The highest BCUT2D eigenvalue weighted by molar-refractivity contribution is 6.04. The number of carbonyl (C=O) groups is 3. The van der Waals surface area contributed by atoms with Gasteiger partial charge in [0.15, 0.2) is 6.10 Å². The number of methoxy groups -OCH3 is 1. The fraction of sp³-hybridized carbons (Fsp3) is 0.188. The van der Waals surface area contributed by atoms with Crippen LogP contribution in [0, 0.1) is 0 Å². The lowest BCUT2D eigenvalue weighted by atomic mass is 10.0. The largest absolute Gasteiger partial charge is 0.507 e. The lowest BCUT2D eigenvalue weighted by Gasteiger charge is -2.14. The van der Waals surface area contributed by atoms with E-state index in [-0.39, 0.29) is 22.4 Å². The van der Waals surface area contributed by atoms with Crippen molar-refractivity contribution in [3.05, 3.63) is 35.9 Å². The molecule has 126 valence electrons. The van der Waals surface area contributed by atoms with Crippen LogP contribution in [0.15, 0.2) is 30.3 Å². The molecule has 1 atom stereocenters. The number of esters is 1. The van der Waals surface area contributed by atoms with Gasteiger partial charge in [0.1, 0.15) is 17.1 Å². The Balaban J connectivity index is 2.24. The molecule has 2 rings (SSSR count). The van der Waals surface area contributed by atoms with E-state index in [9.17, 15) is 24.6 Å². The van der Waals surface area contributed by atoms with Gasteiger partial charge in [0.05, 0.1) is 7.11 Å². The van der Waals surface area contributed by atoms with E-state index in [1.165, 1.54) is 13.0 Å². The molecule has 0 aliphatic rings. The van der Waals surface area contributed by atoms with Crippen LogP contribution in [0.5, 0.6) is 11.5 Å². The summed E-state index contributed by atoms with van der Waals surface area (Å²) in [7, 11) is 1.08. The number of hydrogen-bond acceptors (Lipinski definition) is 7. The summed E-state index contributed by atoms with van der Waals surface area (Å²) in [5.74, 6) is -2.52.